The quantitative estimate of drug-likeness (QED) is 0.937. The molecule has 1 atom stereocenters. The summed E-state index contributed by atoms with van der Waals surface area (Å²) in [4.78, 5) is 3.46. The molecule has 20 heavy (non-hydrogen) atoms. The summed E-state index contributed by atoms with van der Waals surface area (Å²) < 4.78 is 5.27. The second-order valence-corrected chi connectivity index (χ2v) is 5.93. The van der Waals surface area contributed by atoms with Crippen molar-refractivity contribution in [2.45, 2.75) is 16.8 Å². The number of methoxy groups -OCH3 is 1. The topological polar surface area (TPSA) is 38.5 Å². The fourth-order valence-electron chi connectivity index (χ4n) is 2.43. The van der Waals surface area contributed by atoms with Gasteiger partial charge in [-0.2, -0.15) is 0 Å². The van der Waals surface area contributed by atoms with E-state index in [9.17, 15) is 0 Å². The zero-order chi connectivity index (χ0) is 13.9. The van der Waals surface area contributed by atoms with Crippen molar-refractivity contribution in [3.8, 4) is 5.75 Å². The van der Waals surface area contributed by atoms with Gasteiger partial charge in [-0.1, -0.05) is 42.1 Å². The molecule has 0 fully saturated rings. The van der Waals surface area contributed by atoms with Crippen molar-refractivity contribution in [2.24, 2.45) is 5.73 Å². The van der Waals surface area contributed by atoms with Crippen molar-refractivity contribution in [2.75, 3.05) is 18.6 Å². The summed E-state index contributed by atoms with van der Waals surface area (Å²) >= 11 is 1.69. The highest BCUT2D eigenvalue weighted by atomic mass is 32.2. The van der Waals surface area contributed by atoms with E-state index >= 15 is 0 Å². The van der Waals surface area contributed by atoms with E-state index in [0.29, 0.717) is 0 Å². The molecule has 0 spiro atoms. The molecule has 1 aliphatic heterocycles. The molecule has 2 aromatic rings. The van der Waals surface area contributed by atoms with Crippen LogP contribution in [0.4, 0.5) is 5.69 Å². The number of anilines is 1. The predicted octanol–water partition coefficient (Wildman–Crippen LogP) is 3.09. The second-order valence-electron chi connectivity index (χ2n) is 4.77. The number of nitrogens with zero attached hydrogens (tertiary/aromatic N) is 1. The summed E-state index contributed by atoms with van der Waals surface area (Å²) in [5.74, 6) is 0.883. The van der Waals surface area contributed by atoms with Crippen molar-refractivity contribution in [1.29, 1.82) is 0 Å². The first-order chi connectivity index (χ1) is 9.78. The van der Waals surface area contributed by atoms with Gasteiger partial charge in [0.1, 0.15) is 11.2 Å². The summed E-state index contributed by atoms with van der Waals surface area (Å²) in [6, 6.07) is 16.7. The first kappa shape index (κ1) is 13.3. The van der Waals surface area contributed by atoms with Crippen LogP contribution in [0.3, 0.4) is 0 Å². The predicted molar refractivity (Wildman–Crippen MR) is 84.3 cm³/mol. The van der Waals surface area contributed by atoms with E-state index in [2.05, 4.69) is 41.3 Å². The van der Waals surface area contributed by atoms with E-state index in [0.717, 1.165) is 18.7 Å². The molecule has 104 valence electrons. The Morgan fingerprint density at radius 2 is 2.00 bits per heavy atom. The van der Waals surface area contributed by atoms with Gasteiger partial charge in [-0.15, -0.1) is 0 Å². The molecular formula is C16H18N2OS. The van der Waals surface area contributed by atoms with Crippen LogP contribution in [-0.4, -0.2) is 19.2 Å². The monoisotopic (exact) mass is 286 g/mol. The van der Waals surface area contributed by atoms with Gasteiger partial charge in [-0.25, -0.2) is 0 Å². The summed E-state index contributed by atoms with van der Waals surface area (Å²) in [7, 11) is 1.69. The van der Waals surface area contributed by atoms with Crippen LogP contribution in [0, 0.1) is 0 Å². The Balaban J connectivity index is 1.75. The highest BCUT2D eigenvalue weighted by molar-refractivity contribution is 8.00. The SMILES string of the molecule is COc1ccc2c(c1)SC(N)N2CCc1ccccc1. The number of ether oxygens (including phenoxy) is 1. The molecule has 1 aliphatic rings. The molecule has 0 aromatic heterocycles. The van der Waals surface area contributed by atoms with Crippen molar-refractivity contribution in [3.63, 3.8) is 0 Å². The number of hydrogen-bond acceptors (Lipinski definition) is 4. The van der Waals surface area contributed by atoms with Gasteiger partial charge < -0.3 is 15.4 Å². The largest absolute Gasteiger partial charge is 0.497 e. The normalized spacial score (nSPS) is 17.1. The molecule has 0 aliphatic carbocycles. The van der Waals surface area contributed by atoms with Gasteiger partial charge in [0.15, 0.2) is 0 Å². The third-order valence-electron chi connectivity index (χ3n) is 3.52. The molecule has 0 radical (unpaired) electrons. The van der Waals surface area contributed by atoms with Gasteiger partial charge in [0.2, 0.25) is 0 Å². The maximum atomic E-state index is 6.23. The van der Waals surface area contributed by atoms with Gasteiger partial charge in [-0.05, 0) is 30.2 Å². The zero-order valence-corrected chi connectivity index (χ0v) is 12.3. The van der Waals surface area contributed by atoms with E-state index in [4.69, 9.17) is 10.5 Å². The number of hydrogen-bond donors (Lipinski definition) is 1. The Hall–Kier alpha value is -1.65. The molecular weight excluding hydrogens is 268 g/mol. The molecule has 2 N–H and O–H groups in total. The number of nitrogens with two attached hydrogens (primary N) is 1. The average molecular weight is 286 g/mol. The second kappa shape index (κ2) is 5.77. The van der Waals surface area contributed by atoms with Gasteiger partial charge >= 0.3 is 0 Å². The van der Waals surface area contributed by atoms with Crippen molar-refractivity contribution in [1.82, 2.24) is 0 Å². The molecule has 0 amide bonds. The molecule has 0 saturated heterocycles. The van der Waals surface area contributed by atoms with Crippen LogP contribution in [0.1, 0.15) is 5.56 Å². The molecule has 4 heteroatoms. The molecule has 3 nitrogen and oxygen atoms in total. The van der Waals surface area contributed by atoms with Gasteiger partial charge in [0.05, 0.1) is 12.8 Å². The summed E-state index contributed by atoms with van der Waals surface area (Å²) in [5.41, 5.74) is 8.77. The fourth-order valence-corrected chi connectivity index (χ4v) is 3.52. The standard InChI is InChI=1S/C16H18N2OS/c1-19-13-7-8-14-15(11-13)20-16(17)18(14)10-9-12-5-3-2-4-6-12/h2-8,11,16H,9-10,17H2,1H3. The number of fused-ring (bicyclic) bond motifs is 1. The Morgan fingerprint density at radius 1 is 1.20 bits per heavy atom. The molecule has 3 rings (SSSR count). The maximum Gasteiger partial charge on any atom is 0.130 e. The van der Waals surface area contributed by atoms with Crippen LogP contribution in [0.25, 0.3) is 0 Å². The highest BCUT2D eigenvalue weighted by Crippen LogP contribution is 2.43. The van der Waals surface area contributed by atoms with Crippen LogP contribution in [-0.2, 0) is 6.42 Å². The van der Waals surface area contributed by atoms with E-state index in [1.54, 1.807) is 18.9 Å². The molecule has 0 bridgehead atoms. The zero-order valence-electron chi connectivity index (χ0n) is 11.5. The maximum absolute atomic E-state index is 6.23. The smallest absolute Gasteiger partial charge is 0.130 e. The Morgan fingerprint density at radius 3 is 2.75 bits per heavy atom. The lowest BCUT2D eigenvalue weighted by Gasteiger charge is -2.23. The molecule has 1 heterocycles. The summed E-state index contributed by atoms with van der Waals surface area (Å²) in [5, 5.41) is 0. The average Bonchev–Trinajstić information content (AvgIpc) is 2.80. The third-order valence-corrected chi connectivity index (χ3v) is 4.59. The first-order valence-corrected chi connectivity index (χ1v) is 7.57. The van der Waals surface area contributed by atoms with Crippen LogP contribution in [0.15, 0.2) is 53.4 Å². The number of benzene rings is 2. The van der Waals surface area contributed by atoms with E-state index in [-0.39, 0.29) is 5.50 Å². The van der Waals surface area contributed by atoms with Crippen molar-refractivity contribution >= 4 is 17.4 Å². The van der Waals surface area contributed by atoms with Crippen LogP contribution in [0.2, 0.25) is 0 Å². The minimum atomic E-state index is -0.0131. The highest BCUT2D eigenvalue weighted by Gasteiger charge is 2.27. The lowest BCUT2D eigenvalue weighted by Crippen LogP contribution is -2.37. The van der Waals surface area contributed by atoms with Crippen LogP contribution < -0.4 is 15.4 Å². The van der Waals surface area contributed by atoms with Crippen LogP contribution in [0.5, 0.6) is 5.75 Å². The fraction of sp³-hybridized carbons (Fsp3) is 0.250. The molecule has 1 unspecified atom stereocenters. The molecule has 0 saturated carbocycles. The van der Waals surface area contributed by atoms with E-state index in [1.165, 1.54) is 16.1 Å². The summed E-state index contributed by atoms with van der Waals surface area (Å²) in [6.45, 7) is 0.928. The molecule has 2 aromatic carbocycles. The van der Waals surface area contributed by atoms with E-state index in [1.807, 2.05) is 12.1 Å². The van der Waals surface area contributed by atoms with Gasteiger partial charge in [0, 0.05) is 11.4 Å². The lowest BCUT2D eigenvalue weighted by atomic mass is 10.1. The third kappa shape index (κ3) is 2.62. The Labute approximate surface area is 123 Å². The minimum Gasteiger partial charge on any atom is -0.497 e. The van der Waals surface area contributed by atoms with Crippen LogP contribution >= 0.6 is 11.8 Å². The number of thioether (sulfide) groups is 1. The van der Waals surface area contributed by atoms with Crippen molar-refractivity contribution in [3.05, 3.63) is 54.1 Å². The minimum absolute atomic E-state index is 0.0131. The van der Waals surface area contributed by atoms with Gasteiger partial charge in [0.25, 0.3) is 0 Å². The Kier molecular flexibility index (Phi) is 3.85. The first-order valence-electron chi connectivity index (χ1n) is 6.69. The lowest BCUT2D eigenvalue weighted by molar-refractivity contribution is 0.414. The Bertz CT molecular complexity index is 588. The van der Waals surface area contributed by atoms with E-state index < -0.39 is 0 Å². The number of rotatable bonds is 4. The van der Waals surface area contributed by atoms with Gasteiger partial charge in [-0.3, -0.25) is 0 Å². The summed E-state index contributed by atoms with van der Waals surface area (Å²) in [6.07, 6.45) is 1.00. The van der Waals surface area contributed by atoms with Crippen molar-refractivity contribution < 1.29 is 4.74 Å².